The molecule has 0 saturated carbocycles. The predicted octanol–water partition coefficient (Wildman–Crippen LogP) is 2.50. The molecule has 0 fully saturated rings. The maximum absolute atomic E-state index is 11.8. The van der Waals surface area contributed by atoms with Crippen molar-refractivity contribution in [1.82, 2.24) is 4.98 Å². The summed E-state index contributed by atoms with van der Waals surface area (Å²) in [5, 5.41) is 3.33. The third-order valence-corrected chi connectivity index (χ3v) is 3.33. The summed E-state index contributed by atoms with van der Waals surface area (Å²) >= 11 is 0. The highest BCUT2D eigenvalue weighted by Gasteiger charge is 2.20. The van der Waals surface area contributed by atoms with Crippen molar-refractivity contribution in [2.24, 2.45) is 0 Å². The molecule has 1 aromatic heterocycles. The fourth-order valence-corrected chi connectivity index (χ4v) is 2.46. The van der Waals surface area contributed by atoms with Gasteiger partial charge in [-0.25, -0.2) is 4.79 Å². The highest BCUT2D eigenvalue weighted by atomic mass is 16.5. The molecule has 0 aliphatic carbocycles. The van der Waals surface area contributed by atoms with E-state index in [0.29, 0.717) is 11.3 Å². The fraction of sp³-hybridized carbons (Fsp3) is 0.200. The molecular weight excluding hydrogens is 240 g/mol. The molecule has 0 bridgehead atoms. The molecule has 4 nitrogen and oxygen atoms in total. The van der Waals surface area contributed by atoms with Gasteiger partial charge in [-0.3, -0.25) is 4.98 Å². The van der Waals surface area contributed by atoms with E-state index in [1.54, 1.807) is 18.3 Å². The summed E-state index contributed by atoms with van der Waals surface area (Å²) in [6.45, 7) is 0.923. The van der Waals surface area contributed by atoms with E-state index >= 15 is 0 Å². The van der Waals surface area contributed by atoms with Crippen LogP contribution in [0.25, 0.3) is 11.3 Å². The van der Waals surface area contributed by atoms with Crippen molar-refractivity contribution in [1.29, 1.82) is 0 Å². The molecule has 0 unspecified atom stereocenters. The first-order valence-electron chi connectivity index (χ1n) is 6.20. The van der Waals surface area contributed by atoms with Gasteiger partial charge in [0.15, 0.2) is 0 Å². The van der Waals surface area contributed by atoms with Crippen LogP contribution in [-0.4, -0.2) is 24.6 Å². The van der Waals surface area contributed by atoms with Gasteiger partial charge in [0.1, 0.15) is 0 Å². The van der Waals surface area contributed by atoms with Crippen LogP contribution in [0.2, 0.25) is 0 Å². The number of benzene rings is 1. The first kappa shape index (κ1) is 11.7. The Balaban J connectivity index is 2.18. The van der Waals surface area contributed by atoms with E-state index in [1.807, 2.05) is 18.2 Å². The molecule has 0 amide bonds. The molecule has 0 radical (unpaired) electrons. The number of esters is 1. The summed E-state index contributed by atoms with van der Waals surface area (Å²) in [7, 11) is 1.39. The van der Waals surface area contributed by atoms with Crippen LogP contribution >= 0.6 is 0 Å². The summed E-state index contributed by atoms with van der Waals surface area (Å²) < 4.78 is 4.82. The van der Waals surface area contributed by atoms with Gasteiger partial charge in [-0.2, -0.15) is 0 Å². The molecule has 0 atom stereocenters. The summed E-state index contributed by atoms with van der Waals surface area (Å²) in [6.07, 6.45) is 2.65. The zero-order valence-corrected chi connectivity index (χ0v) is 10.6. The van der Waals surface area contributed by atoms with Gasteiger partial charge < -0.3 is 10.1 Å². The van der Waals surface area contributed by atoms with Crippen LogP contribution in [-0.2, 0) is 11.2 Å². The van der Waals surface area contributed by atoms with Crippen LogP contribution in [0, 0.1) is 0 Å². The van der Waals surface area contributed by atoms with Crippen molar-refractivity contribution in [2.45, 2.75) is 6.42 Å². The second-order valence-electron chi connectivity index (χ2n) is 4.40. The van der Waals surface area contributed by atoms with Crippen LogP contribution in [0.4, 0.5) is 5.69 Å². The van der Waals surface area contributed by atoms with E-state index in [4.69, 9.17) is 4.74 Å². The summed E-state index contributed by atoms with van der Waals surface area (Å²) in [5.74, 6) is -0.355. The Hall–Kier alpha value is -2.36. The Morgan fingerprint density at radius 2 is 2.21 bits per heavy atom. The molecule has 0 saturated heterocycles. The minimum atomic E-state index is -0.355. The number of hydrogen-bond donors (Lipinski definition) is 1. The summed E-state index contributed by atoms with van der Waals surface area (Å²) in [6, 6.07) is 9.52. The number of fused-ring (bicyclic) bond motifs is 1. The maximum atomic E-state index is 11.8. The van der Waals surface area contributed by atoms with Crippen molar-refractivity contribution in [2.75, 3.05) is 19.0 Å². The summed E-state index contributed by atoms with van der Waals surface area (Å²) in [5.41, 5.74) is 4.54. The molecule has 1 aromatic carbocycles. The predicted molar refractivity (Wildman–Crippen MR) is 73.2 cm³/mol. The second kappa shape index (κ2) is 4.72. The third kappa shape index (κ3) is 1.95. The largest absolute Gasteiger partial charge is 0.465 e. The van der Waals surface area contributed by atoms with Gasteiger partial charge in [0.25, 0.3) is 0 Å². The number of carbonyl (C=O) groups is 1. The average Bonchev–Trinajstić information content (AvgIpc) is 2.94. The van der Waals surface area contributed by atoms with Crippen LogP contribution in [0.15, 0.2) is 36.5 Å². The van der Waals surface area contributed by atoms with E-state index in [9.17, 15) is 4.79 Å². The molecule has 4 heteroatoms. The highest BCUT2D eigenvalue weighted by Crippen LogP contribution is 2.33. The first-order valence-corrected chi connectivity index (χ1v) is 6.20. The van der Waals surface area contributed by atoms with Crippen molar-refractivity contribution in [3.8, 4) is 11.3 Å². The lowest BCUT2D eigenvalue weighted by Gasteiger charge is -2.10. The number of rotatable bonds is 2. The van der Waals surface area contributed by atoms with Gasteiger partial charge in [0, 0.05) is 24.0 Å². The molecule has 1 N–H and O–H groups in total. The van der Waals surface area contributed by atoms with Gasteiger partial charge >= 0.3 is 5.97 Å². The van der Waals surface area contributed by atoms with Gasteiger partial charge in [-0.15, -0.1) is 0 Å². The van der Waals surface area contributed by atoms with Crippen LogP contribution in [0.3, 0.4) is 0 Å². The number of aromatic nitrogens is 1. The lowest BCUT2D eigenvalue weighted by Crippen LogP contribution is -2.05. The topological polar surface area (TPSA) is 51.2 Å². The van der Waals surface area contributed by atoms with E-state index in [-0.39, 0.29) is 5.97 Å². The standard InChI is InChI=1S/C15H14N2O2/c1-19-15(18)12-5-3-8-17-14(12)11-4-2-6-13-10(11)7-9-16-13/h2-6,8,16H,7,9H2,1H3. The van der Waals surface area contributed by atoms with Gasteiger partial charge in [0.05, 0.1) is 18.4 Å². The zero-order chi connectivity index (χ0) is 13.2. The van der Waals surface area contributed by atoms with Crippen molar-refractivity contribution in [3.63, 3.8) is 0 Å². The van der Waals surface area contributed by atoms with Crippen molar-refractivity contribution >= 4 is 11.7 Å². The summed E-state index contributed by atoms with van der Waals surface area (Å²) in [4.78, 5) is 16.2. The molecule has 2 heterocycles. The Morgan fingerprint density at radius 1 is 1.32 bits per heavy atom. The molecule has 2 aromatic rings. The highest BCUT2D eigenvalue weighted by molar-refractivity contribution is 5.97. The van der Waals surface area contributed by atoms with E-state index in [0.717, 1.165) is 24.2 Å². The van der Waals surface area contributed by atoms with Gasteiger partial charge in [0.2, 0.25) is 0 Å². The SMILES string of the molecule is COC(=O)c1cccnc1-c1cccc2c1CCN2. The molecule has 19 heavy (non-hydrogen) atoms. The Kier molecular flexibility index (Phi) is 2.91. The van der Waals surface area contributed by atoms with Gasteiger partial charge in [-0.1, -0.05) is 12.1 Å². The Labute approximate surface area is 111 Å². The minimum Gasteiger partial charge on any atom is -0.465 e. The average molecular weight is 254 g/mol. The third-order valence-electron chi connectivity index (χ3n) is 3.33. The minimum absolute atomic E-state index is 0.355. The molecule has 1 aliphatic heterocycles. The number of hydrogen-bond acceptors (Lipinski definition) is 4. The Bertz CT molecular complexity index is 638. The zero-order valence-electron chi connectivity index (χ0n) is 10.6. The molecule has 1 aliphatic rings. The number of methoxy groups -OCH3 is 1. The number of nitrogens with zero attached hydrogens (tertiary/aromatic N) is 1. The fourth-order valence-electron chi connectivity index (χ4n) is 2.46. The molecule has 96 valence electrons. The quantitative estimate of drug-likeness (QED) is 0.837. The van der Waals surface area contributed by atoms with E-state index in [2.05, 4.69) is 10.3 Å². The smallest absolute Gasteiger partial charge is 0.340 e. The number of ether oxygens (including phenoxy) is 1. The molecule has 3 rings (SSSR count). The number of nitrogens with one attached hydrogen (secondary N) is 1. The van der Waals surface area contributed by atoms with E-state index < -0.39 is 0 Å². The van der Waals surface area contributed by atoms with Crippen LogP contribution < -0.4 is 5.32 Å². The number of pyridine rings is 1. The van der Waals surface area contributed by atoms with Gasteiger partial charge in [-0.05, 0) is 30.2 Å². The maximum Gasteiger partial charge on any atom is 0.340 e. The number of anilines is 1. The van der Waals surface area contributed by atoms with Crippen LogP contribution in [0.5, 0.6) is 0 Å². The van der Waals surface area contributed by atoms with Crippen LogP contribution in [0.1, 0.15) is 15.9 Å². The first-order chi connectivity index (χ1) is 9.31. The second-order valence-corrected chi connectivity index (χ2v) is 4.40. The van der Waals surface area contributed by atoms with Crippen molar-refractivity contribution < 1.29 is 9.53 Å². The molecular formula is C15H14N2O2. The van der Waals surface area contributed by atoms with Crippen molar-refractivity contribution in [3.05, 3.63) is 47.7 Å². The Morgan fingerprint density at radius 3 is 3.05 bits per heavy atom. The monoisotopic (exact) mass is 254 g/mol. The number of carbonyl (C=O) groups excluding carboxylic acids is 1. The normalized spacial score (nSPS) is 12.7. The lowest BCUT2D eigenvalue weighted by atomic mass is 9.98. The molecule has 0 spiro atoms. The van der Waals surface area contributed by atoms with E-state index in [1.165, 1.54) is 12.7 Å². The lowest BCUT2D eigenvalue weighted by molar-refractivity contribution is 0.0601.